The van der Waals surface area contributed by atoms with Crippen LogP contribution >= 0.6 is 0 Å². The number of rotatable bonds is 7. The molecule has 28 heavy (non-hydrogen) atoms. The average molecular weight is 388 g/mol. The molecule has 1 aliphatic heterocycles. The number of amides is 1. The van der Waals surface area contributed by atoms with E-state index in [1.165, 1.54) is 24.1 Å². The van der Waals surface area contributed by atoms with Crippen LogP contribution in [0, 0.1) is 27.4 Å². The second-order valence-corrected chi connectivity index (χ2v) is 6.93. The summed E-state index contributed by atoms with van der Waals surface area (Å²) in [6, 6.07) is 6.06. The van der Waals surface area contributed by atoms with E-state index in [4.69, 9.17) is 10.00 Å². The van der Waals surface area contributed by atoms with Crippen molar-refractivity contribution in [3.63, 3.8) is 0 Å². The van der Waals surface area contributed by atoms with E-state index in [-0.39, 0.29) is 24.2 Å². The number of nitriles is 1. The molecule has 0 unspecified atom stereocenters. The molecule has 0 bridgehead atoms. The summed E-state index contributed by atoms with van der Waals surface area (Å²) in [7, 11) is 1.52. The lowest BCUT2D eigenvalue weighted by molar-refractivity contribution is -0.384. The maximum Gasteiger partial charge on any atom is 0.341 e. The Hall–Kier alpha value is -3.15. The predicted octanol–water partition coefficient (Wildman–Crippen LogP) is 2.36. The lowest BCUT2D eigenvalue weighted by Crippen LogP contribution is -2.34. The maximum absolute atomic E-state index is 12.6. The SMILES string of the molecule is CC1CCN(c2ccc([N+](=O)[O-])cc2C(=O)OCC(=O)N(C)CCC#N)CC1. The number of nitro benzene ring substituents is 1. The van der Waals surface area contributed by atoms with Gasteiger partial charge in [-0.25, -0.2) is 4.79 Å². The van der Waals surface area contributed by atoms with Crippen LogP contribution < -0.4 is 4.90 Å². The minimum Gasteiger partial charge on any atom is -0.452 e. The molecule has 2 rings (SSSR count). The molecular formula is C19H24N4O5. The summed E-state index contributed by atoms with van der Waals surface area (Å²) in [4.78, 5) is 38.5. The van der Waals surface area contributed by atoms with Crippen LogP contribution in [-0.4, -0.2) is 55.0 Å². The molecule has 1 amide bonds. The number of nitrogens with zero attached hydrogens (tertiary/aromatic N) is 4. The van der Waals surface area contributed by atoms with Gasteiger partial charge in [0, 0.05) is 38.8 Å². The summed E-state index contributed by atoms with van der Waals surface area (Å²) in [5, 5.41) is 19.7. The number of anilines is 1. The number of ether oxygens (including phenoxy) is 1. The standard InChI is InChI=1S/C19H24N4O5/c1-14-6-10-22(11-7-14)17-5-4-15(23(26)27)12-16(17)19(25)28-13-18(24)21(2)9-3-8-20/h4-5,12,14H,3,6-7,9-11,13H2,1-2H3. The van der Waals surface area contributed by atoms with Crippen molar-refractivity contribution in [2.75, 3.05) is 38.2 Å². The quantitative estimate of drug-likeness (QED) is 0.400. The molecule has 1 saturated heterocycles. The van der Waals surface area contributed by atoms with Gasteiger partial charge >= 0.3 is 5.97 Å². The van der Waals surface area contributed by atoms with Gasteiger partial charge in [0.15, 0.2) is 6.61 Å². The second-order valence-electron chi connectivity index (χ2n) is 6.93. The summed E-state index contributed by atoms with van der Waals surface area (Å²) < 4.78 is 5.12. The van der Waals surface area contributed by atoms with E-state index < -0.39 is 23.4 Å². The van der Waals surface area contributed by atoms with Gasteiger partial charge < -0.3 is 14.5 Å². The summed E-state index contributed by atoms with van der Waals surface area (Å²) in [6.45, 7) is 3.40. The zero-order valence-corrected chi connectivity index (χ0v) is 16.1. The third kappa shape index (κ3) is 5.42. The van der Waals surface area contributed by atoms with Crippen LogP contribution in [0.4, 0.5) is 11.4 Å². The van der Waals surface area contributed by atoms with Crippen LogP contribution in [0.15, 0.2) is 18.2 Å². The number of hydrogen-bond donors (Lipinski definition) is 0. The van der Waals surface area contributed by atoms with Crippen LogP contribution in [0.25, 0.3) is 0 Å². The fourth-order valence-electron chi connectivity index (χ4n) is 2.98. The number of hydrogen-bond acceptors (Lipinski definition) is 7. The van der Waals surface area contributed by atoms with Crippen molar-refractivity contribution in [2.24, 2.45) is 5.92 Å². The Bertz CT molecular complexity index is 781. The predicted molar refractivity (Wildman–Crippen MR) is 102 cm³/mol. The van der Waals surface area contributed by atoms with Gasteiger partial charge in [-0.2, -0.15) is 5.26 Å². The first kappa shape index (κ1) is 21.2. The van der Waals surface area contributed by atoms with Gasteiger partial charge in [-0.15, -0.1) is 0 Å². The van der Waals surface area contributed by atoms with Gasteiger partial charge in [-0.05, 0) is 24.8 Å². The number of benzene rings is 1. The zero-order chi connectivity index (χ0) is 20.7. The molecule has 0 radical (unpaired) electrons. The fourth-order valence-corrected chi connectivity index (χ4v) is 2.98. The summed E-state index contributed by atoms with van der Waals surface area (Å²) >= 11 is 0. The van der Waals surface area contributed by atoms with Gasteiger partial charge in [-0.3, -0.25) is 14.9 Å². The fraction of sp³-hybridized carbons (Fsp3) is 0.526. The van der Waals surface area contributed by atoms with Crippen LogP contribution in [0.5, 0.6) is 0 Å². The molecule has 9 heteroatoms. The molecule has 1 aromatic rings. The third-order valence-corrected chi connectivity index (χ3v) is 4.85. The maximum atomic E-state index is 12.6. The number of non-ortho nitro benzene ring substituents is 1. The Morgan fingerprint density at radius 1 is 1.39 bits per heavy atom. The van der Waals surface area contributed by atoms with E-state index in [1.807, 2.05) is 11.0 Å². The van der Waals surface area contributed by atoms with E-state index >= 15 is 0 Å². The van der Waals surface area contributed by atoms with Crippen molar-refractivity contribution in [2.45, 2.75) is 26.2 Å². The van der Waals surface area contributed by atoms with Crippen molar-refractivity contribution in [1.29, 1.82) is 5.26 Å². The number of nitro groups is 1. The number of carbonyl (C=O) groups is 2. The van der Waals surface area contributed by atoms with Crippen LogP contribution in [-0.2, 0) is 9.53 Å². The molecule has 0 N–H and O–H groups in total. The highest BCUT2D eigenvalue weighted by atomic mass is 16.6. The minimum absolute atomic E-state index is 0.0798. The Morgan fingerprint density at radius 3 is 2.68 bits per heavy atom. The highest BCUT2D eigenvalue weighted by Crippen LogP contribution is 2.29. The molecular weight excluding hydrogens is 364 g/mol. The summed E-state index contributed by atoms with van der Waals surface area (Å²) in [5.41, 5.74) is 0.447. The molecule has 9 nitrogen and oxygen atoms in total. The highest BCUT2D eigenvalue weighted by molar-refractivity contribution is 5.97. The summed E-state index contributed by atoms with van der Waals surface area (Å²) in [6.07, 6.45) is 2.11. The van der Waals surface area contributed by atoms with Crippen LogP contribution in [0.2, 0.25) is 0 Å². The van der Waals surface area contributed by atoms with E-state index in [0.717, 1.165) is 25.9 Å². The summed E-state index contributed by atoms with van der Waals surface area (Å²) in [5.74, 6) is -0.631. The van der Waals surface area contributed by atoms with Crippen molar-refractivity contribution >= 4 is 23.3 Å². The Morgan fingerprint density at radius 2 is 2.07 bits per heavy atom. The Labute approximate surface area is 163 Å². The third-order valence-electron chi connectivity index (χ3n) is 4.85. The first-order valence-corrected chi connectivity index (χ1v) is 9.15. The first-order valence-electron chi connectivity index (χ1n) is 9.15. The van der Waals surface area contributed by atoms with E-state index in [2.05, 4.69) is 6.92 Å². The zero-order valence-electron chi connectivity index (χ0n) is 16.1. The normalized spacial score (nSPS) is 14.2. The topological polar surface area (TPSA) is 117 Å². The van der Waals surface area contributed by atoms with Crippen molar-refractivity contribution in [3.05, 3.63) is 33.9 Å². The van der Waals surface area contributed by atoms with E-state index in [0.29, 0.717) is 11.6 Å². The first-order chi connectivity index (χ1) is 13.3. The van der Waals surface area contributed by atoms with Gasteiger partial charge in [-0.1, -0.05) is 6.92 Å². The van der Waals surface area contributed by atoms with Gasteiger partial charge in [0.2, 0.25) is 0 Å². The highest BCUT2D eigenvalue weighted by Gasteiger charge is 2.25. The van der Waals surface area contributed by atoms with E-state index in [9.17, 15) is 19.7 Å². The molecule has 0 aliphatic carbocycles. The monoisotopic (exact) mass is 388 g/mol. The number of likely N-dealkylation sites (N-methyl/N-ethyl adjacent to an activating group) is 1. The molecule has 1 fully saturated rings. The second kappa shape index (κ2) is 9.69. The average Bonchev–Trinajstić information content (AvgIpc) is 2.70. The van der Waals surface area contributed by atoms with Gasteiger partial charge in [0.25, 0.3) is 11.6 Å². The smallest absolute Gasteiger partial charge is 0.341 e. The molecule has 0 aromatic heterocycles. The molecule has 1 aromatic carbocycles. The molecule has 1 heterocycles. The van der Waals surface area contributed by atoms with Gasteiger partial charge in [0.05, 0.1) is 28.7 Å². The molecule has 0 atom stereocenters. The molecule has 150 valence electrons. The lowest BCUT2D eigenvalue weighted by Gasteiger charge is -2.33. The van der Waals surface area contributed by atoms with Crippen molar-refractivity contribution < 1.29 is 19.2 Å². The molecule has 1 aliphatic rings. The molecule has 0 spiro atoms. The van der Waals surface area contributed by atoms with Crippen LogP contribution in [0.1, 0.15) is 36.5 Å². The Balaban J connectivity index is 2.15. The van der Waals surface area contributed by atoms with Crippen molar-refractivity contribution in [1.82, 2.24) is 4.90 Å². The van der Waals surface area contributed by atoms with Crippen LogP contribution in [0.3, 0.4) is 0 Å². The van der Waals surface area contributed by atoms with Gasteiger partial charge in [0.1, 0.15) is 0 Å². The lowest BCUT2D eigenvalue weighted by atomic mass is 9.98. The Kier molecular flexibility index (Phi) is 7.32. The largest absolute Gasteiger partial charge is 0.452 e. The van der Waals surface area contributed by atoms with E-state index in [1.54, 1.807) is 6.07 Å². The minimum atomic E-state index is -0.778. The number of carbonyl (C=O) groups excluding carboxylic acids is 2. The number of esters is 1. The molecule has 0 saturated carbocycles. The number of piperidine rings is 1. The van der Waals surface area contributed by atoms with Crippen molar-refractivity contribution in [3.8, 4) is 6.07 Å².